The van der Waals surface area contributed by atoms with E-state index in [2.05, 4.69) is 4.90 Å². The van der Waals surface area contributed by atoms with E-state index >= 15 is 0 Å². The van der Waals surface area contributed by atoms with E-state index < -0.39 is 5.97 Å². The molecule has 1 aliphatic carbocycles. The highest BCUT2D eigenvalue weighted by Gasteiger charge is 2.29. The first-order chi connectivity index (χ1) is 9.62. The number of carboxylic acid groups (broad SMARTS) is 1. The van der Waals surface area contributed by atoms with Gasteiger partial charge in [0.1, 0.15) is 11.5 Å². The molecule has 1 aromatic rings. The zero-order chi connectivity index (χ0) is 14.5. The van der Waals surface area contributed by atoms with Gasteiger partial charge in [-0.15, -0.1) is 0 Å². The second-order valence-electron chi connectivity index (χ2n) is 5.07. The second kappa shape index (κ2) is 6.61. The zero-order valence-corrected chi connectivity index (χ0v) is 12.0. The van der Waals surface area contributed by atoms with Gasteiger partial charge in [0.05, 0.1) is 20.6 Å². The van der Waals surface area contributed by atoms with E-state index in [1.807, 2.05) is 18.2 Å². The summed E-state index contributed by atoms with van der Waals surface area (Å²) in [5.74, 6) is 0.764. The Morgan fingerprint density at radius 3 is 2.30 bits per heavy atom. The van der Waals surface area contributed by atoms with Gasteiger partial charge >= 0.3 is 5.97 Å². The maximum absolute atomic E-state index is 10.7. The lowest BCUT2D eigenvalue weighted by Crippen LogP contribution is -2.28. The van der Waals surface area contributed by atoms with Crippen LogP contribution in [0.2, 0.25) is 0 Å². The minimum absolute atomic E-state index is 0.178. The molecule has 0 spiro atoms. The monoisotopic (exact) mass is 279 g/mol. The summed E-state index contributed by atoms with van der Waals surface area (Å²) in [5, 5.41) is 8.83. The van der Waals surface area contributed by atoms with Crippen molar-refractivity contribution in [1.82, 2.24) is 4.90 Å². The van der Waals surface area contributed by atoms with Gasteiger partial charge in [-0.3, -0.25) is 9.69 Å². The molecule has 0 bridgehead atoms. The summed E-state index contributed by atoms with van der Waals surface area (Å²) in [5.41, 5.74) is 1.08. The predicted molar refractivity (Wildman–Crippen MR) is 75.2 cm³/mol. The van der Waals surface area contributed by atoms with Crippen molar-refractivity contribution in [3.63, 3.8) is 0 Å². The van der Waals surface area contributed by atoms with Crippen molar-refractivity contribution in [2.24, 2.45) is 0 Å². The fraction of sp³-hybridized carbons (Fsp3) is 0.533. The Balaban J connectivity index is 2.07. The summed E-state index contributed by atoms with van der Waals surface area (Å²) in [6, 6.07) is 6.30. The number of aliphatic carboxylic acids is 1. The Bertz CT molecular complexity index is 449. The van der Waals surface area contributed by atoms with Gasteiger partial charge in [0.25, 0.3) is 0 Å². The molecule has 1 fully saturated rings. The number of carbonyl (C=O) groups is 1. The SMILES string of the molecule is COc1cc(CN(CCC(=O)O)C2CC2)cc(OC)c1. The van der Waals surface area contributed by atoms with Crippen molar-refractivity contribution in [2.45, 2.75) is 31.8 Å². The van der Waals surface area contributed by atoms with Crippen molar-refractivity contribution in [1.29, 1.82) is 0 Å². The molecule has 0 heterocycles. The van der Waals surface area contributed by atoms with Gasteiger partial charge in [-0.25, -0.2) is 0 Å². The average Bonchev–Trinajstić information content (AvgIpc) is 3.27. The highest BCUT2D eigenvalue weighted by Crippen LogP contribution is 2.30. The molecule has 0 amide bonds. The Labute approximate surface area is 119 Å². The number of rotatable bonds is 8. The van der Waals surface area contributed by atoms with Crippen LogP contribution in [-0.2, 0) is 11.3 Å². The van der Waals surface area contributed by atoms with Crippen molar-refractivity contribution < 1.29 is 19.4 Å². The van der Waals surface area contributed by atoms with E-state index in [1.165, 1.54) is 0 Å². The number of hydrogen-bond donors (Lipinski definition) is 1. The molecule has 2 rings (SSSR count). The van der Waals surface area contributed by atoms with E-state index in [9.17, 15) is 4.79 Å². The van der Waals surface area contributed by atoms with Crippen LogP contribution >= 0.6 is 0 Å². The molecule has 1 aromatic carbocycles. The minimum atomic E-state index is -0.751. The highest BCUT2D eigenvalue weighted by molar-refractivity contribution is 5.66. The number of benzene rings is 1. The van der Waals surface area contributed by atoms with Gasteiger partial charge in [0, 0.05) is 25.2 Å². The topological polar surface area (TPSA) is 59.0 Å². The second-order valence-corrected chi connectivity index (χ2v) is 5.07. The van der Waals surface area contributed by atoms with Gasteiger partial charge in [0.15, 0.2) is 0 Å². The van der Waals surface area contributed by atoms with Crippen LogP contribution in [0.1, 0.15) is 24.8 Å². The Morgan fingerprint density at radius 1 is 1.25 bits per heavy atom. The fourth-order valence-electron chi connectivity index (χ4n) is 2.26. The average molecular weight is 279 g/mol. The number of ether oxygens (including phenoxy) is 2. The maximum Gasteiger partial charge on any atom is 0.304 e. The quantitative estimate of drug-likeness (QED) is 0.790. The first-order valence-corrected chi connectivity index (χ1v) is 6.80. The van der Waals surface area contributed by atoms with Gasteiger partial charge in [-0.2, -0.15) is 0 Å². The van der Waals surface area contributed by atoms with Crippen LogP contribution in [0.5, 0.6) is 11.5 Å². The summed E-state index contributed by atoms with van der Waals surface area (Å²) in [6.07, 6.45) is 2.49. The molecule has 20 heavy (non-hydrogen) atoms. The summed E-state index contributed by atoms with van der Waals surface area (Å²) in [4.78, 5) is 13.0. The smallest absolute Gasteiger partial charge is 0.304 e. The molecular formula is C15H21NO4. The van der Waals surface area contributed by atoms with E-state index in [1.54, 1.807) is 14.2 Å². The lowest BCUT2D eigenvalue weighted by Gasteiger charge is -2.21. The molecule has 1 N–H and O–H groups in total. The number of nitrogens with zero attached hydrogens (tertiary/aromatic N) is 1. The molecule has 5 nitrogen and oxygen atoms in total. The number of carboxylic acids is 1. The Morgan fingerprint density at radius 2 is 1.85 bits per heavy atom. The summed E-state index contributed by atoms with van der Waals surface area (Å²) >= 11 is 0. The summed E-state index contributed by atoms with van der Waals surface area (Å²) in [6.45, 7) is 1.31. The Kier molecular flexibility index (Phi) is 4.84. The van der Waals surface area contributed by atoms with E-state index in [-0.39, 0.29) is 6.42 Å². The third-order valence-corrected chi connectivity index (χ3v) is 3.47. The third-order valence-electron chi connectivity index (χ3n) is 3.47. The fourth-order valence-corrected chi connectivity index (χ4v) is 2.26. The number of hydrogen-bond acceptors (Lipinski definition) is 4. The lowest BCUT2D eigenvalue weighted by molar-refractivity contribution is -0.137. The largest absolute Gasteiger partial charge is 0.497 e. The molecule has 0 atom stereocenters. The zero-order valence-electron chi connectivity index (χ0n) is 12.0. The van der Waals surface area contributed by atoms with E-state index in [0.717, 1.165) is 36.4 Å². The molecule has 110 valence electrons. The molecule has 5 heteroatoms. The van der Waals surface area contributed by atoms with Crippen molar-refractivity contribution in [3.05, 3.63) is 23.8 Å². The van der Waals surface area contributed by atoms with Crippen LogP contribution in [0.4, 0.5) is 0 Å². The van der Waals surface area contributed by atoms with Gasteiger partial charge in [-0.05, 0) is 30.5 Å². The standard InChI is InChI=1S/C15H21NO4/c1-19-13-7-11(8-14(9-13)20-2)10-16(12-3-4-12)6-5-15(17)18/h7-9,12H,3-6,10H2,1-2H3,(H,17,18). The van der Waals surface area contributed by atoms with E-state index in [4.69, 9.17) is 14.6 Å². The van der Waals surface area contributed by atoms with Crippen LogP contribution in [0, 0.1) is 0 Å². The summed E-state index contributed by atoms with van der Waals surface area (Å²) in [7, 11) is 3.25. The van der Waals surface area contributed by atoms with Crippen molar-refractivity contribution >= 4 is 5.97 Å². The van der Waals surface area contributed by atoms with Crippen LogP contribution in [0.3, 0.4) is 0 Å². The van der Waals surface area contributed by atoms with Crippen molar-refractivity contribution in [3.8, 4) is 11.5 Å². The Hall–Kier alpha value is -1.75. The molecule has 0 aliphatic heterocycles. The lowest BCUT2D eigenvalue weighted by atomic mass is 10.1. The van der Waals surface area contributed by atoms with E-state index in [0.29, 0.717) is 12.6 Å². The minimum Gasteiger partial charge on any atom is -0.497 e. The van der Waals surface area contributed by atoms with Crippen LogP contribution in [0.15, 0.2) is 18.2 Å². The normalized spacial score (nSPS) is 14.3. The van der Waals surface area contributed by atoms with Crippen LogP contribution in [0.25, 0.3) is 0 Å². The van der Waals surface area contributed by atoms with Crippen molar-refractivity contribution in [2.75, 3.05) is 20.8 Å². The van der Waals surface area contributed by atoms with Crippen LogP contribution in [-0.4, -0.2) is 42.8 Å². The third kappa shape index (κ3) is 4.13. The predicted octanol–water partition coefficient (Wildman–Crippen LogP) is 2.14. The molecule has 0 radical (unpaired) electrons. The molecule has 0 saturated heterocycles. The summed E-state index contributed by atoms with van der Waals surface area (Å²) < 4.78 is 10.5. The molecule has 1 saturated carbocycles. The molecule has 0 aromatic heterocycles. The first kappa shape index (κ1) is 14.7. The van der Waals surface area contributed by atoms with Gasteiger partial charge in [0.2, 0.25) is 0 Å². The molecular weight excluding hydrogens is 258 g/mol. The van der Waals surface area contributed by atoms with Crippen LogP contribution < -0.4 is 9.47 Å². The highest BCUT2D eigenvalue weighted by atomic mass is 16.5. The number of methoxy groups -OCH3 is 2. The van der Waals surface area contributed by atoms with Gasteiger partial charge in [-0.1, -0.05) is 0 Å². The first-order valence-electron chi connectivity index (χ1n) is 6.80. The van der Waals surface area contributed by atoms with Gasteiger partial charge < -0.3 is 14.6 Å². The molecule has 1 aliphatic rings. The molecule has 0 unspecified atom stereocenters. The maximum atomic E-state index is 10.7.